The SMILES string of the molecule is COC1CCCC(OC)CC(C)C1. The van der Waals surface area contributed by atoms with Crippen LogP contribution in [0.2, 0.25) is 0 Å². The van der Waals surface area contributed by atoms with Gasteiger partial charge in [0.15, 0.2) is 0 Å². The van der Waals surface area contributed by atoms with Crippen molar-refractivity contribution in [1.29, 1.82) is 0 Å². The van der Waals surface area contributed by atoms with Gasteiger partial charge in [-0.3, -0.25) is 0 Å². The Hall–Kier alpha value is -0.0800. The molecule has 0 aromatic carbocycles. The lowest BCUT2D eigenvalue weighted by Crippen LogP contribution is -2.23. The molecule has 2 atom stereocenters. The summed E-state index contributed by atoms with van der Waals surface area (Å²) >= 11 is 0. The van der Waals surface area contributed by atoms with E-state index in [0.717, 1.165) is 5.92 Å². The van der Waals surface area contributed by atoms with Crippen molar-refractivity contribution >= 4 is 0 Å². The molecule has 0 bridgehead atoms. The van der Waals surface area contributed by atoms with Crippen LogP contribution in [0.5, 0.6) is 0 Å². The van der Waals surface area contributed by atoms with E-state index in [9.17, 15) is 0 Å². The van der Waals surface area contributed by atoms with Crippen molar-refractivity contribution in [1.82, 2.24) is 0 Å². The Morgan fingerprint density at radius 2 is 1.38 bits per heavy atom. The molecule has 1 rings (SSSR count). The Morgan fingerprint density at radius 3 is 1.77 bits per heavy atom. The molecule has 0 N–H and O–H groups in total. The van der Waals surface area contributed by atoms with Gasteiger partial charge in [0, 0.05) is 14.2 Å². The molecular formula is C11H22O2. The van der Waals surface area contributed by atoms with Crippen LogP contribution in [0.3, 0.4) is 0 Å². The van der Waals surface area contributed by atoms with Gasteiger partial charge in [0.2, 0.25) is 0 Å². The number of rotatable bonds is 2. The Labute approximate surface area is 81.6 Å². The topological polar surface area (TPSA) is 18.5 Å². The normalized spacial score (nSPS) is 36.7. The highest BCUT2D eigenvalue weighted by atomic mass is 16.5. The van der Waals surface area contributed by atoms with Gasteiger partial charge in [0.05, 0.1) is 12.2 Å². The van der Waals surface area contributed by atoms with E-state index < -0.39 is 0 Å². The van der Waals surface area contributed by atoms with Crippen molar-refractivity contribution in [2.45, 2.75) is 51.2 Å². The summed E-state index contributed by atoms with van der Waals surface area (Å²) in [5.74, 6) is 0.732. The molecular weight excluding hydrogens is 164 g/mol. The van der Waals surface area contributed by atoms with Gasteiger partial charge in [-0.2, -0.15) is 0 Å². The average Bonchev–Trinajstić information content (AvgIpc) is 2.10. The van der Waals surface area contributed by atoms with Gasteiger partial charge in [-0.15, -0.1) is 0 Å². The summed E-state index contributed by atoms with van der Waals surface area (Å²) in [6.07, 6.45) is 6.97. The zero-order valence-electron chi connectivity index (χ0n) is 9.08. The maximum atomic E-state index is 5.43. The van der Waals surface area contributed by atoms with E-state index in [-0.39, 0.29) is 0 Å². The predicted molar refractivity (Wildman–Crippen MR) is 53.8 cm³/mol. The molecule has 13 heavy (non-hydrogen) atoms. The number of methoxy groups -OCH3 is 2. The molecule has 0 aromatic rings. The summed E-state index contributed by atoms with van der Waals surface area (Å²) in [5, 5.41) is 0. The summed E-state index contributed by atoms with van der Waals surface area (Å²) in [5.41, 5.74) is 0. The first-order chi connectivity index (χ1) is 6.26. The molecule has 1 aliphatic rings. The molecule has 1 saturated carbocycles. The van der Waals surface area contributed by atoms with Crippen molar-refractivity contribution in [2.24, 2.45) is 5.92 Å². The van der Waals surface area contributed by atoms with E-state index in [1.807, 2.05) is 14.2 Å². The highest BCUT2D eigenvalue weighted by molar-refractivity contribution is 4.72. The van der Waals surface area contributed by atoms with Gasteiger partial charge in [-0.05, 0) is 38.0 Å². The van der Waals surface area contributed by atoms with Gasteiger partial charge in [-0.25, -0.2) is 0 Å². The molecule has 0 spiro atoms. The number of hydrogen-bond acceptors (Lipinski definition) is 2. The summed E-state index contributed by atoms with van der Waals surface area (Å²) in [6.45, 7) is 2.30. The molecule has 2 heteroatoms. The molecule has 2 unspecified atom stereocenters. The predicted octanol–water partition coefficient (Wildman–Crippen LogP) is 2.62. The minimum Gasteiger partial charge on any atom is -0.381 e. The third-order valence-corrected chi connectivity index (χ3v) is 3.05. The van der Waals surface area contributed by atoms with Crippen LogP contribution in [0.15, 0.2) is 0 Å². The highest BCUT2D eigenvalue weighted by Gasteiger charge is 2.20. The molecule has 2 nitrogen and oxygen atoms in total. The van der Waals surface area contributed by atoms with Crippen LogP contribution in [-0.4, -0.2) is 26.4 Å². The molecule has 78 valence electrons. The Morgan fingerprint density at radius 1 is 0.923 bits per heavy atom. The number of ether oxygens (including phenoxy) is 2. The Kier molecular flexibility index (Phi) is 4.74. The van der Waals surface area contributed by atoms with Crippen molar-refractivity contribution < 1.29 is 9.47 Å². The largest absolute Gasteiger partial charge is 0.381 e. The molecule has 0 radical (unpaired) electrons. The smallest absolute Gasteiger partial charge is 0.0574 e. The third kappa shape index (κ3) is 3.65. The molecule has 0 amide bonds. The van der Waals surface area contributed by atoms with Crippen LogP contribution >= 0.6 is 0 Å². The second kappa shape index (κ2) is 5.61. The first kappa shape index (κ1) is 11.0. The van der Waals surface area contributed by atoms with E-state index in [0.29, 0.717) is 12.2 Å². The Balaban J connectivity index is 2.38. The Bertz CT molecular complexity index is 122. The minimum atomic E-state index is 0.479. The summed E-state index contributed by atoms with van der Waals surface area (Å²) in [7, 11) is 3.65. The third-order valence-electron chi connectivity index (χ3n) is 3.05. The van der Waals surface area contributed by atoms with Crippen LogP contribution in [0.1, 0.15) is 39.0 Å². The number of hydrogen-bond donors (Lipinski definition) is 0. The molecule has 0 saturated heterocycles. The van der Waals surface area contributed by atoms with Gasteiger partial charge in [0.1, 0.15) is 0 Å². The molecule has 0 aliphatic heterocycles. The fraction of sp³-hybridized carbons (Fsp3) is 1.00. The second-order valence-corrected chi connectivity index (χ2v) is 4.22. The summed E-state index contributed by atoms with van der Waals surface area (Å²) < 4.78 is 10.9. The van der Waals surface area contributed by atoms with Gasteiger partial charge in [-0.1, -0.05) is 6.92 Å². The van der Waals surface area contributed by atoms with Crippen LogP contribution < -0.4 is 0 Å². The molecule has 1 fully saturated rings. The van der Waals surface area contributed by atoms with Gasteiger partial charge < -0.3 is 9.47 Å². The first-order valence-corrected chi connectivity index (χ1v) is 5.31. The van der Waals surface area contributed by atoms with E-state index in [1.165, 1.54) is 32.1 Å². The van der Waals surface area contributed by atoms with Gasteiger partial charge >= 0.3 is 0 Å². The van der Waals surface area contributed by atoms with Crippen LogP contribution in [0.25, 0.3) is 0 Å². The van der Waals surface area contributed by atoms with Crippen molar-refractivity contribution in [3.05, 3.63) is 0 Å². The quantitative estimate of drug-likeness (QED) is 0.660. The lowest BCUT2D eigenvalue weighted by atomic mass is 9.89. The van der Waals surface area contributed by atoms with Crippen LogP contribution in [0, 0.1) is 5.92 Å². The fourth-order valence-corrected chi connectivity index (χ4v) is 2.23. The molecule has 0 heterocycles. The molecule has 1 aliphatic carbocycles. The van der Waals surface area contributed by atoms with Crippen molar-refractivity contribution in [2.75, 3.05) is 14.2 Å². The average molecular weight is 186 g/mol. The van der Waals surface area contributed by atoms with E-state index in [2.05, 4.69) is 6.92 Å². The fourth-order valence-electron chi connectivity index (χ4n) is 2.23. The van der Waals surface area contributed by atoms with Crippen LogP contribution in [0.4, 0.5) is 0 Å². The van der Waals surface area contributed by atoms with E-state index >= 15 is 0 Å². The zero-order chi connectivity index (χ0) is 9.68. The van der Waals surface area contributed by atoms with E-state index in [4.69, 9.17) is 9.47 Å². The standard InChI is InChI=1S/C11H22O2/c1-9-7-10(12-2)5-4-6-11(8-9)13-3/h9-11H,4-8H2,1-3H3. The lowest BCUT2D eigenvalue weighted by Gasteiger charge is -2.27. The van der Waals surface area contributed by atoms with E-state index in [1.54, 1.807) is 0 Å². The maximum Gasteiger partial charge on any atom is 0.0574 e. The molecule has 0 aromatic heterocycles. The van der Waals surface area contributed by atoms with Crippen molar-refractivity contribution in [3.63, 3.8) is 0 Å². The van der Waals surface area contributed by atoms with Crippen LogP contribution in [-0.2, 0) is 9.47 Å². The van der Waals surface area contributed by atoms with Gasteiger partial charge in [0.25, 0.3) is 0 Å². The zero-order valence-corrected chi connectivity index (χ0v) is 9.08. The lowest BCUT2D eigenvalue weighted by molar-refractivity contribution is 0.0239. The monoisotopic (exact) mass is 186 g/mol. The summed E-state index contributed by atoms with van der Waals surface area (Å²) in [4.78, 5) is 0. The first-order valence-electron chi connectivity index (χ1n) is 5.31. The summed E-state index contributed by atoms with van der Waals surface area (Å²) in [6, 6.07) is 0. The highest BCUT2D eigenvalue weighted by Crippen LogP contribution is 2.25. The van der Waals surface area contributed by atoms with Crippen molar-refractivity contribution in [3.8, 4) is 0 Å². The minimum absolute atomic E-state index is 0.479. The second-order valence-electron chi connectivity index (χ2n) is 4.22. The maximum absolute atomic E-state index is 5.43.